The second-order valence-electron chi connectivity index (χ2n) is 5.83. The molecule has 2 aromatic carbocycles. The molecule has 0 bridgehead atoms. The van der Waals surface area contributed by atoms with Gasteiger partial charge in [0, 0.05) is 16.7 Å². The lowest BCUT2D eigenvalue weighted by Gasteiger charge is -2.15. The molecule has 27 heavy (non-hydrogen) atoms. The standard InChI is InChI=1S/C19H21ClN4O2S/c1-3-9-26-17-11-15(20)14(10-16(17)25-2)12-21-24-18(22-23-19(24)27)13-7-5-4-6-8-13/h4-8,10-11,21H,3,9,12H2,1-2H3,(H,23,27). The Morgan fingerprint density at radius 3 is 2.70 bits per heavy atom. The first-order chi connectivity index (χ1) is 13.1. The Kier molecular flexibility index (Phi) is 6.36. The van der Waals surface area contributed by atoms with Crippen LogP contribution in [0, 0.1) is 4.77 Å². The summed E-state index contributed by atoms with van der Waals surface area (Å²) in [6.07, 6.45) is 0.908. The smallest absolute Gasteiger partial charge is 0.214 e. The lowest BCUT2D eigenvalue weighted by Crippen LogP contribution is -2.16. The van der Waals surface area contributed by atoms with Gasteiger partial charge in [0.1, 0.15) is 0 Å². The zero-order valence-electron chi connectivity index (χ0n) is 15.2. The van der Waals surface area contributed by atoms with Crippen molar-refractivity contribution in [2.24, 2.45) is 0 Å². The van der Waals surface area contributed by atoms with Gasteiger partial charge in [-0.05, 0) is 30.3 Å². The van der Waals surface area contributed by atoms with E-state index in [1.807, 2.05) is 43.3 Å². The number of rotatable bonds is 8. The van der Waals surface area contributed by atoms with E-state index in [2.05, 4.69) is 15.6 Å². The van der Waals surface area contributed by atoms with Crippen molar-refractivity contribution in [1.82, 2.24) is 14.9 Å². The van der Waals surface area contributed by atoms with Gasteiger partial charge in [0.25, 0.3) is 0 Å². The van der Waals surface area contributed by atoms with E-state index in [9.17, 15) is 0 Å². The Labute approximate surface area is 168 Å². The predicted octanol–water partition coefficient (Wildman–Crippen LogP) is 4.80. The monoisotopic (exact) mass is 404 g/mol. The summed E-state index contributed by atoms with van der Waals surface area (Å²) in [5, 5.41) is 7.71. The summed E-state index contributed by atoms with van der Waals surface area (Å²) < 4.78 is 13.3. The van der Waals surface area contributed by atoms with Gasteiger partial charge in [-0.25, -0.2) is 9.77 Å². The Balaban J connectivity index is 1.84. The van der Waals surface area contributed by atoms with E-state index in [0.717, 1.165) is 17.5 Å². The second-order valence-corrected chi connectivity index (χ2v) is 6.63. The highest BCUT2D eigenvalue weighted by atomic mass is 35.5. The molecule has 0 fully saturated rings. The molecule has 0 aliphatic rings. The molecule has 2 N–H and O–H groups in total. The molecule has 3 rings (SSSR count). The van der Waals surface area contributed by atoms with Gasteiger partial charge in [-0.15, -0.1) is 0 Å². The van der Waals surface area contributed by atoms with Gasteiger partial charge in [-0.3, -0.25) is 0 Å². The fourth-order valence-corrected chi connectivity index (χ4v) is 3.00. The van der Waals surface area contributed by atoms with Crippen LogP contribution in [0.4, 0.5) is 0 Å². The maximum Gasteiger partial charge on any atom is 0.214 e. The van der Waals surface area contributed by atoms with E-state index in [1.54, 1.807) is 17.9 Å². The number of H-pyrrole nitrogens is 1. The van der Waals surface area contributed by atoms with E-state index < -0.39 is 0 Å². The number of nitrogens with one attached hydrogen (secondary N) is 2. The van der Waals surface area contributed by atoms with Crippen molar-refractivity contribution < 1.29 is 9.47 Å². The van der Waals surface area contributed by atoms with E-state index in [-0.39, 0.29) is 0 Å². The van der Waals surface area contributed by atoms with Crippen molar-refractivity contribution in [2.45, 2.75) is 19.9 Å². The molecule has 0 unspecified atom stereocenters. The number of aromatic amines is 1. The van der Waals surface area contributed by atoms with E-state index in [1.165, 1.54) is 0 Å². The Morgan fingerprint density at radius 2 is 2.00 bits per heavy atom. The SMILES string of the molecule is CCCOc1cc(Cl)c(CNn2c(-c3ccccc3)n[nH]c2=S)cc1OC. The fourth-order valence-electron chi connectivity index (χ4n) is 2.59. The van der Waals surface area contributed by atoms with E-state index in [4.69, 9.17) is 33.3 Å². The number of hydrogen-bond acceptors (Lipinski definition) is 5. The number of halogens is 1. The summed E-state index contributed by atoms with van der Waals surface area (Å²) in [6.45, 7) is 3.09. The largest absolute Gasteiger partial charge is 0.493 e. The highest BCUT2D eigenvalue weighted by Crippen LogP contribution is 2.33. The minimum absolute atomic E-state index is 0.441. The van der Waals surface area contributed by atoms with Crippen LogP contribution in [0.5, 0.6) is 11.5 Å². The van der Waals surface area contributed by atoms with Crippen LogP contribution < -0.4 is 14.9 Å². The van der Waals surface area contributed by atoms with Crippen molar-refractivity contribution in [3.8, 4) is 22.9 Å². The third-order valence-corrected chi connectivity index (χ3v) is 4.55. The van der Waals surface area contributed by atoms with Crippen molar-refractivity contribution in [3.63, 3.8) is 0 Å². The topological polar surface area (TPSA) is 64.1 Å². The number of benzene rings is 2. The van der Waals surface area contributed by atoms with Crippen LogP contribution >= 0.6 is 23.8 Å². The Bertz CT molecular complexity index is 956. The zero-order valence-corrected chi connectivity index (χ0v) is 16.7. The summed E-state index contributed by atoms with van der Waals surface area (Å²) in [7, 11) is 1.61. The summed E-state index contributed by atoms with van der Waals surface area (Å²) in [6, 6.07) is 13.4. The lowest BCUT2D eigenvalue weighted by molar-refractivity contribution is 0.294. The van der Waals surface area contributed by atoms with Gasteiger partial charge >= 0.3 is 0 Å². The first kappa shape index (κ1) is 19.3. The second kappa shape index (κ2) is 8.92. The number of hydrogen-bond donors (Lipinski definition) is 2. The number of nitrogens with zero attached hydrogens (tertiary/aromatic N) is 2. The van der Waals surface area contributed by atoms with Crippen LogP contribution in [0.25, 0.3) is 11.4 Å². The average molecular weight is 405 g/mol. The molecule has 0 aliphatic carbocycles. The lowest BCUT2D eigenvalue weighted by atomic mass is 10.2. The molecule has 0 radical (unpaired) electrons. The first-order valence-corrected chi connectivity index (χ1v) is 9.38. The first-order valence-electron chi connectivity index (χ1n) is 8.60. The molecule has 0 atom stereocenters. The molecule has 0 saturated heterocycles. The zero-order chi connectivity index (χ0) is 19.2. The Hall–Kier alpha value is -2.51. The van der Waals surface area contributed by atoms with Crippen LogP contribution in [0.15, 0.2) is 42.5 Å². The number of ether oxygens (including phenoxy) is 2. The normalized spacial score (nSPS) is 10.6. The van der Waals surface area contributed by atoms with Crippen LogP contribution in [0.1, 0.15) is 18.9 Å². The minimum Gasteiger partial charge on any atom is -0.493 e. The van der Waals surface area contributed by atoms with Crippen molar-refractivity contribution in [1.29, 1.82) is 0 Å². The molecule has 142 valence electrons. The number of aromatic nitrogens is 3. The van der Waals surface area contributed by atoms with E-state index >= 15 is 0 Å². The molecular formula is C19H21ClN4O2S. The molecule has 0 amide bonds. The third-order valence-electron chi connectivity index (χ3n) is 3.93. The summed E-state index contributed by atoms with van der Waals surface area (Å²) in [5.41, 5.74) is 5.08. The van der Waals surface area contributed by atoms with Crippen molar-refractivity contribution >= 4 is 23.8 Å². The van der Waals surface area contributed by atoms with Gasteiger partial charge in [0.2, 0.25) is 4.77 Å². The van der Waals surface area contributed by atoms with Crippen LogP contribution in [0.3, 0.4) is 0 Å². The maximum atomic E-state index is 6.44. The maximum absolute atomic E-state index is 6.44. The van der Waals surface area contributed by atoms with Gasteiger partial charge in [0.15, 0.2) is 17.3 Å². The average Bonchev–Trinajstić information content (AvgIpc) is 3.06. The summed E-state index contributed by atoms with van der Waals surface area (Å²) in [4.78, 5) is 0. The predicted molar refractivity (Wildman–Crippen MR) is 110 cm³/mol. The highest BCUT2D eigenvalue weighted by Gasteiger charge is 2.13. The van der Waals surface area contributed by atoms with Crippen LogP contribution in [0.2, 0.25) is 5.02 Å². The van der Waals surface area contributed by atoms with Crippen LogP contribution in [-0.4, -0.2) is 28.6 Å². The van der Waals surface area contributed by atoms with Gasteiger partial charge in [-0.1, -0.05) is 48.9 Å². The number of methoxy groups -OCH3 is 1. The Morgan fingerprint density at radius 1 is 1.22 bits per heavy atom. The van der Waals surface area contributed by atoms with Crippen molar-refractivity contribution in [3.05, 3.63) is 57.8 Å². The molecule has 0 saturated carbocycles. The molecule has 8 heteroatoms. The minimum atomic E-state index is 0.441. The summed E-state index contributed by atoms with van der Waals surface area (Å²) in [5.74, 6) is 1.98. The van der Waals surface area contributed by atoms with Crippen molar-refractivity contribution in [2.75, 3.05) is 19.1 Å². The molecule has 0 spiro atoms. The summed E-state index contributed by atoms with van der Waals surface area (Å²) >= 11 is 11.8. The molecule has 1 heterocycles. The molecule has 6 nitrogen and oxygen atoms in total. The molecule has 1 aromatic heterocycles. The third kappa shape index (κ3) is 4.43. The quantitative estimate of drug-likeness (QED) is 0.528. The fraction of sp³-hybridized carbons (Fsp3) is 0.263. The van der Waals surface area contributed by atoms with Gasteiger partial charge in [-0.2, -0.15) is 5.10 Å². The molecule has 3 aromatic rings. The van der Waals surface area contributed by atoms with Crippen LogP contribution in [-0.2, 0) is 6.54 Å². The van der Waals surface area contributed by atoms with Gasteiger partial charge in [0.05, 0.1) is 20.3 Å². The van der Waals surface area contributed by atoms with E-state index in [0.29, 0.717) is 40.3 Å². The molecular weight excluding hydrogens is 384 g/mol. The van der Waals surface area contributed by atoms with Gasteiger partial charge < -0.3 is 14.9 Å². The highest BCUT2D eigenvalue weighted by molar-refractivity contribution is 7.71. The molecule has 0 aliphatic heterocycles.